The zero-order valence-corrected chi connectivity index (χ0v) is 16.2. The number of carbonyl (C=O) groups excluding carboxylic acids is 1. The molecule has 0 saturated carbocycles. The number of halogens is 3. The summed E-state index contributed by atoms with van der Waals surface area (Å²) in [5.74, 6) is 0.0578. The van der Waals surface area contributed by atoms with Gasteiger partial charge in [-0.05, 0) is 48.9 Å². The molecular weight excluding hydrogens is 393 g/mol. The number of nitrogens with zero attached hydrogens (tertiary/aromatic N) is 1. The Balaban J connectivity index is 1.99. The number of primary amides is 1. The van der Waals surface area contributed by atoms with Crippen molar-refractivity contribution in [1.82, 2.24) is 4.57 Å². The molecule has 0 unspecified atom stereocenters. The Kier molecular flexibility index (Phi) is 4.89. The lowest BCUT2D eigenvalue weighted by atomic mass is 10.0. The molecule has 0 atom stereocenters. The van der Waals surface area contributed by atoms with Crippen LogP contribution in [0.4, 0.5) is 13.2 Å². The van der Waals surface area contributed by atoms with Gasteiger partial charge in [0.1, 0.15) is 5.75 Å². The molecular formula is C23H19F3N2O2. The molecule has 4 rings (SSSR count). The van der Waals surface area contributed by atoms with Gasteiger partial charge < -0.3 is 15.0 Å². The molecule has 30 heavy (non-hydrogen) atoms. The molecule has 4 nitrogen and oxygen atoms in total. The van der Waals surface area contributed by atoms with Crippen LogP contribution in [0.15, 0.2) is 60.7 Å². The second-order valence-electron chi connectivity index (χ2n) is 6.96. The number of hydrogen-bond acceptors (Lipinski definition) is 2. The molecule has 3 aromatic carbocycles. The van der Waals surface area contributed by atoms with E-state index in [1.54, 1.807) is 22.8 Å². The topological polar surface area (TPSA) is 57.2 Å². The van der Waals surface area contributed by atoms with Crippen molar-refractivity contribution in [3.63, 3.8) is 0 Å². The van der Waals surface area contributed by atoms with Crippen LogP contribution in [0.2, 0.25) is 0 Å². The molecule has 0 aliphatic rings. The summed E-state index contributed by atoms with van der Waals surface area (Å²) in [7, 11) is 0. The van der Waals surface area contributed by atoms with Crippen LogP contribution >= 0.6 is 0 Å². The molecule has 0 aliphatic heterocycles. The number of ether oxygens (including phenoxy) is 1. The molecule has 154 valence electrons. The molecule has 4 aromatic rings. The van der Waals surface area contributed by atoms with Gasteiger partial charge >= 0.3 is 6.18 Å². The monoisotopic (exact) mass is 412 g/mol. The summed E-state index contributed by atoms with van der Waals surface area (Å²) in [5, 5.41) is 1.10. The van der Waals surface area contributed by atoms with Crippen LogP contribution in [-0.4, -0.2) is 17.1 Å². The molecule has 7 heteroatoms. The van der Waals surface area contributed by atoms with Crippen LogP contribution in [-0.2, 0) is 12.7 Å². The zero-order valence-electron chi connectivity index (χ0n) is 16.2. The Labute approximate surface area is 170 Å². The third-order valence-electron chi connectivity index (χ3n) is 5.03. The van der Waals surface area contributed by atoms with E-state index in [0.717, 1.165) is 17.7 Å². The highest BCUT2D eigenvalue weighted by atomic mass is 19.4. The molecule has 1 amide bonds. The first-order valence-corrected chi connectivity index (χ1v) is 9.43. The maximum absolute atomic E-state index is 13.4. The van der Waals surface area contributed by atoms with Crippen LogP contribution < -0.4 is 10.5 Å². The Morgan fingerprint density at radius 2 is 1.80 bits per heavy atom. The lowest BCUT2D eigenvalue weighted by Crippen LogP contribution is -2.11. The van der Waals surface area contributed by atoms with Gasteiger partial charge in [-0.1, -0.05) is 24.3 Å². The number of hydrogen-bond donors (Lipinski definition) is 1. The number of nitrogens with two attached hydrogens (primary N) is 1. The fourth-order valence-corrected chi connectivity index (χ4v) is 3.78. The highest BCUT2D eigenvalue weighted by Gasteiger charge is 2.31. The average molecular weight is 412 g/mol. The summed E-state index contributed by atoms with van der Waals surface area (Å²) in [5.41, 5.74) is 6.96. The highest BCUT2D eigenvalue weighted by Crippen LogP contribution is 2.37. The van der Waals surface area contributed by atoms with E-state index in [0.29, 0.717) is 40.7 Å². The van der Waals surface area contributed by atoms with E-state index in [9.17, 15) is 18.0 Å². The van der Waals surface area contributed by atoms with Crippen molar-refractivity contribution in [2.24, 2.45) is 5.73 Å². The standard InChI is InChI=1S/C23H19F3N2O2/c1-2-30-16-6-3-5-14(11-16)13-28-19-8-4-7-18(22(27)29)21(19)17-10-9-15(12-20(17)28)23(24,25)26/h3-12H,2,13H2,1H3,(H2,27,29). The van der Waals surface area contributed by atoms with E-state index in [2.05, 4.69) is 0 Å². The van der Waals surface area contributed by atoms with Crippen molar-refractivity contribution in [1.29, 1.82) is 0 Å². The molecule has 0 bridgehead atoms. The van der Waals surface area contributed by atoms with E-state index in [4.69, 9.17) is 10.5 Å². The second kappa shape index (κ2) is 7.40. The quantitative estimate of drug-likeness (QED) is 0.480. The first kappa shape index (κ1) is 19.8. The Morgan fingerprint density at radius 1 is 1.03 bits per heavy atom. The average Bonchev–Trinajstić information content (AvgIpc) is 3.01. The number of aromatic nitrogens is 1. The van der Waals surface area contributed by atoms with Crippen molar-refractivity contribution in [3.05, 3.63) is 77.4 Å². The summed E-state index contributed by atoms with van der Waals surface area (Å²) in [6.45, 7) is 2.70. The SMILES string of the molecule is CCOc1cccc(Cn2c3cc(C(F)(F)F)ccc3c3c(C(N)=O)cccc32)c1. The number of alkyl halides is 3. The lowest BCUT2D eigenvalue weighted by Gasteiger charge is -2.11. The number of carbonyl (C=O) groups is 1. The van der Waals surface area contributed by atoms with Gasteiger partial charge in [-0.2, -0.15) is 13.2 Å². The van der Waals surface area contributed by atoms with E-state index in [1.807, 2.05) is 31.2 Å². The second-order valence-corrected chi connectivity index (χ2v) is 6.96. The predicted octanol–water partition coefficient (Wildman–Crippen LogP) is 5.36. The largest absolute Gasteiger partial charge is 0.494 e. The van der Waals surface area contributed by atoms with Crippen LogP contribution in [0.3, 0.4) is 0 Å². The molecule has 0 aliphatic carbocycles. The minimum Gasteiger partial charge on any atom is -0.494 e. The summed E-state index contributed by atoms with van der Waals surface area (Å²) < 4.78 is 47.4. The van der Waals surface area contributed by atoms with Gasteiger partial charge in [0.25, 0.3) is 0 Å². The van der Waals surface area contributed by atoms with Crippen molar-refractivity contribution >= 4 is 27.7 Å². The van der Waals surface area contributed by atoms with Crippen molar-refractivity contribution in [3.8, 4) is 5.75 Å². The summed E-state index contributed by atoms with van der Waals surface area (Å²) in [6, 6.07) is 16.0. The van der Waals surface area contributed by atoms with Crippen LogP contribution in [0.5, 0.6) is 5.75 Å². The number of fused-ring (bicyclic) bond motifs is 3. The first-order chi connectivity index (χ1) is 14.3. The minimum absolute atomic E-state index is 0.277. The maximum atomic E-state index is 13.4. The fourth-order valence-electron chi connectivity index (χ4n) is 3.78. The maximum Gasteiger partial charge on any atom is 0.416 e. The van der Waals surface area contributed by atoms with E-state index >= 15 is 0 Å². The molecule has 0 saturated heterocycles. The Bertz CT molecular complexity index is 1260. The van der Waals surface area contributed by atoms with Gasteiger partial charge in [-0.25, -0.2) is 0 Å². The molecule has 0 fully saturated rings. The van der Waals surface area contributed by atoms with Crippen LogP contribution in [0.25, 0.3) is 21.8 Å². The summed E-state index contributed by atoms with van der Waals surface area (Å²) >= 11 is 0. The van der Waals surface area contributed by atoms with Gasteiger partial charge in [0.05, 0.1) is 23.2 Å². The van der Waals surface area contributed by atoms with Gasteiger partial charge in [-0.15, -0.1) is 0 Å². The lowest BCUT2D eigenvalue weighted by molar-refractivity contribution is -0.137. The summed E-state index contributed by atoms with van der Waals surface area (Å²) in [4.78, 5) is 12.0. The molecule has 2 N–H and O–H groups in total. The summed E-state index contributed by atoms with van der Waals surface area (Å²) in [6.07, 6.45) is -4.48. The Morgan fingerprint density at radius 3 is 2.50 bits per heavy atom. The van der Waals surface area contributed by atoms with E-state index < -0.39 is 17.6 Å². The van der Waals surface area contributed by atoms with Gasteiger partial charge in [0.15, 0.2) is 0 Å². The molecule has 0 spiro atoms. The Hall–Kier alpha value is -3.48. The fraction of sp³-hybridized carbons (Fsp3) is 0.174. The van der Waals surface area contributed by atoms with Crippen LogP contribution in [0, 0.1) is 0 Å². The van der Waals surface area contributed by atoms with Gasteiger partial charge in [-0.3, -0.25) is 4.79 Å². The highest BCUT2D eigenvalue weighted by molar-refractivity contribution is 6.18. The third-order valence-corrected chi connectivity index (χ3v) is 5.03. The first-order valence-electron chi connectivity index (χ1n) is 9.43. The van der Waals surface area contributed by atoms with Gasteiger partial charge in [0.2, 0.25) is 5.91 Å². The molecule has 1 aromatic heterocycles. The van der Waals surface area contributed by atoms with Crippen molar-refractivity contribution in [2.45, 2.75) is 19.6 Å². The molecule has 1 heterocycles. The molecule has 0 radical (unpaired) electrons. The van der Waals surface area contributed by atoms with Crippen molar-refractivity contribution < 1.29 is 22.7 Å². The van der Waals surface area contributed by atoms with E-state index in [1.165, 1.54) is 6.07 Å². The smallest absolute Gasteiger partial charge is 0.416 e. The minimum atomic E-state index is -4.48. The van der Waals surface area contributed by atoms with Crippen LogP contribution in [0.1, 0.15) is 28.4 Å². The number of amides is 1. The zero-order chi connectivity index (χ0) is 21.5. The number of benzene rings is 3. The third kappa shape index (κ3) is 3.47. The number of rotatable bonds is 5. The van der Waals surface area contributed by atoms with Crippen molar-refractivity contribution in [2.75, 3.05) is 6.61 Å². The normalized spacial score (nSPS) is 11.9. The predicted molar refractivity (Wildman–Crippen MR) is 110 cm³/mol. The van der Waals surface area contributed by atoms with Gasteiger partial charge in [0, 0.05) is 22.9 Å². The van der Waals surface area contributed by atoms with E-state index in [-0.39, 0.29) is 5.56 Å².